The molecular formula is C9H9N. The minimum absolute atomic E-state index is 0.797. The lowest BCUT2D eigenvalue weighted by molar-refractivity contribution is 1.01. The molecular weight excluding hydrogens is 122 g/mol. The topological polar surface area (TPSA) is 12.9 Å². The number of nitrogens with zero attached hydrogens (tertiary/aromatic N) is 1. The fourth-order valence-electron chi connectivity index (χ4n) is 0.763. The van der Waals surface area contributed by atoms with E-state index < -0.39 is 0 Å². The predicted octanol–water partition coefficient (Wildman–Crippen LogP) is 1.65. The Bertz CT molecular complexity index is 220. The van der Waals surface area contributed by atoms with Gasteiger partial charge in [0, 0.05) is 18.8 Å². The van der Waals surface area contributed by atoms with Crippen molar-refractivity contribution in [3.05, 3.63) is 30.1 Å². The molecule has 10 heavy (non-hydrogen) atoms. The Hall–Kier alpha value is -1.29. The molecule has 1 heterocycles. The third kappa shape index (κ3) is 1.91. The maximum absolute atomic E-state index is 5.11. The van der Waals surface area contributed by atoms with Gasteiger partial charge < -0.3 is 0 Å². The van der Waals surface area contributed by atoms with Gasteiger partial charge in [-0.2, -0.15) is 0 Å². The largest absolute Gasteiger partial charge is 0.264 e. The molecule has 0 aromatic carbocycles. The molecule has 0 aliphatic heterocycles. The zero-order chi connectivity index (χ0) is 7.23. The number of hydrogen-bond donors (Lipinski definition) is 0. The Morgan fingerprint density at radius 1 is 1.60 bits per heavy atom. The van der Waals surface area contributed by atoms with E-state index in [1.165, 1.54) is 5.56 Å². The van der Waals surface area contributed by atoms with Gasteiger partial charge in [-0.3, -0.25) is 4.98 Å². The summed E-state index contributed by atoms with van der Waals surface area (Å²) in [5.41, 5.74) is 1.21. The average molecular weight is 131 g/mol. The van der Waals surface area contributed by atoms with Crippen LogP contribution in [0.15, 0.2) is 24.5 Å². The molecule has 0 bridgehead atoms. The molecule has 1 rings (SSSR count). The summed E-state index contributed by atoms with van der Waals surface area (Å²) in [4.78, 5) is 3.97. The van der Waals surface area contributed by atoms with Crippen LogP contribution in [-0.4, -0.2) is 4.98 Å². The molecule has 0 radical (unpaired) electrons. The summed E-state index contributed by atoms with van der Waals surface area (Å²) in [7, 11) is 0. The van der Waals surface area contributed by atoms with Crippen molar-refractivity contribution in [3.63, 3.8) is 0 Å². The summed E-state index contributed by atoms with van der Waals surface area (Å²) in [5.74, 6) is 2.59. The van der Waals surface area contributed by atoms with Crippen molar-refractivity contribution in [1.29, 1.82) is 0 Å². The van der Waals surface area contributed by atoms with E-state index in [-0.39, 0.29) is 0 Å². The van der Waals surface area contributed by atoms with Gasteiger partial charge in [0.1, 0.15) is 0 Å². The van der Waals surface area contributed by atoms with Crippen LogP contribution in [0.4, 0.5) is 0 Å². The fraction of sp³-hybridized carbons (Fsp3) is 0.222. The molecule has 1 nitrogen and oxygen atoms in total. The van der Waals surface area contributed by atoms with Crippen LogP contribution in [0.2, 0.25) is 0 Å². The molecule has 0 N–H and O–H groups in total. The van der Waals surface area contributed by atoms with Gasteiger partial charge in [0.05, 0.1) is 0 Å². The van der Waals surface area contributed by atoms with Crippen molar-refractivity contribution in [3.8, 4) is 12.3 Å². The average Bonchev–Trinajstić information content (AvgIpc) is 2.03. The first-order valence-electron chi connectivity index (χ1n) is 3.26. The van der Waals surface area contributed by atoms with Crippen molar-refractivity contribution >= 4 is 0 Å². The van der Waals surface area contributed by atoms with Gasteiger partial charge in [0.2, 0.25) is 0 Å². The second kappa shape index (κ2) is 3.68. The zero-order valence-corrected chi connectivity index (χ0v) is 5.75. The van der Waals surface area contributed by atoms with Crippen LogP contribution in [0.25, 0.3) is 0 Å². The Morgan fingerprint density at radius 3 is 3.10 bits per heavy atom. The van der Waals surface area contributed by atoms with E-state index in [9.17, 15) is 0 Å². The maximum atomic E-state index is 5.11. The van der Waals surface area contributed by atoms with Crippen LogP contribution in [0.1, 0.15) is 12.0 Å². The Labute approximate surface area is 61.1 Å². The maximum Gasteiger partial charge on any atom is 0.0300 e. The second-order valence-electron chi connectivity index (χ2n) is 2.07. The van der Waals surface area contributed by atoms with E-state index in [2.05, 4.69) is 10.9 Å². The van der Waals surface area contributed by atoms with Gasteiger partial charge in [-0.25, -0.2) is 0 Å². The van der Waals surface area contributed by atoms with Crippen LogP contribution in [0.5, 0.6) is 0 Å². The highest BCUT2D eigenvalue weighted by Gasteiger charge is 1.87. The summed E-state index contributed by atoms with van der Waals surface area (Å²) in [6.45, 7) is 0. The lowest BCUT2D eigenvalue weighted by atomic mass is 10.2. The Morgan fingerprint density at radius 2 is 2.50 bits per heavy atom. The smallest absolute Gasteiger partial charge is 0.0300 e. The molecule has 0 fully saturated rings. The molecule has 1 aromatic heterocycles. The van der Waals surface area contributed by atoms with Crippen molar-refractivity contribution in [2.75, 3.05) is 0 Å². The minimum atomic E-state index is 0.797. The zero-order valence-electron chi connectivity index (χ0n) is 5.75. The van der Waals surface area contributed by atoms with Crippen molar-refractivity contribution in [1.82, 2.24) is 4.98 Å². The van der Waals surface area contributed by atoms with Gasteiger partial charge in [0.15, 0.2) is 0 Å². The SMILES string of the molecule is C#CCCc1cccnc1. The molecule has 1 aromatic rings. The van der Waals surface area contributed by atoms with Gasteiger partial charge >= 0.3 is 0 Å². The molecule has 0 amide bonds. The highest BCUT2D eigenvalue weighted by molar-refractivity contribution is 5.09. The van der Waals surface area contributed by atoms with Crippen LogP contribution in [0, 0.1) is 12.3 Å². The lowest BCUT2D eigenvalue weighted by Crippen LogP contribution is -1.82. The number of rotatable bonds is 2. The van der Waals surface area contributed by atoms with Gasteiger partial charge in [-0.05, 0) is 18.1 Å². The predicted molar refractivity (Wildman–Crippen MR) is 41.4 cm³/mol. The van der Waals surface area contributed by atoms with E-state index >= 15 is 0 Å². The van der Waals surface area contributed by atoms with E-state index in [0.29, 0.717) is 0 Å². The van der Waals surface area contributed by atoms with E-state index in [4.69, 9.17) is 6.42 Å². The summed E-state index contributed by atoms with van der Waals surface area (Å²) in [5, 5.41) is 0. The van der Waals surface area contributed by atoms with Gasteiger partial charge in [-0.15, -0.1) is 12.3 Å². The molecule has 0 aliphatic carbocycles. The normalized spacial score (nSPS) is 8.70. The third-order valence-corrected chi connectivity index (χ3v) is 1.28. The van der Waals surface area contributed by atoms with Gasteiger partial charge in [0.25, 0.3) is 0 Å². The Balaban J connectivity index is 2.52. The van der Waals surface area contributed by atoms with Crippen LogP contribution in [0.3, 0.4) is 0 Å². The lowest BCUT2D eigenvalue weighted by Gasteiger charge is -1.92. The van der Waals surface area contributed by atoms with Crippen molar-refractivity contribution in [2.45, 2.75) is 12.8 Å². The standard InChI is InChI=1S/C9H9N/c1-2-3-5-9-6-4-7-10-8-9/h1,4,6-8H,3,5H2. The monoisotopic (exact) mass is 131 g/mol. The Kier molecular flexibility index (Phi) is 2.51. The summed E-state index contributed by atoms with van der Waals surface area (Å²) >= 11 is 0. The molecule has 0 aliphatic rings. The minimum Gasteiger partial charge on any atom is -0.264 e. The van der Waals surface area contributed by atoms with Crippen molar-refractivity contribution in [2.24, 2.45) is 0 Å². The first kappa shape index (κ1) is 6.82. The van der Waals surface area contributed by atoms with E-state index in [1.54, 1.807) is 6.20 Å². The first-order valence-corrected chi connectivity index (χ1v) is 3.26. The van der Waals surface area contributed by atoms with Crippen LogP contribution in [-0.2, 0) is 6.42 Å². The highest BCUT2D eigenvalue weighted by Crippen LogP contribution is 1.98. The second-order valence-corrected chi connectivity index (χ2v) is 2.07. The molecule has 0 atom stereocenters. The van der Waals surface area contributed by atoms with Gasteiger partial charge in [-0.1, -0.05) is 6.07 Å². The summed E-state index contributed by atoms with van der Waals surface area (Å²) in [6, 6.07) is 3.95. The number of terminal acetylenes is 1. The van der Waals surface area contributed by atoms with Crippen LogP contribution < -0.4 is 0 Å². The summed E-state index contributed by atoms with van der Waals surface area (Å²) < 4.78 is 0. The fourth-order valence-corrected chi connectivity index (χ4v) is 0.763. The molecule has 0 saturated heterocycles. The molecule has 0 saturated carbocycles. The van der Waals surface area contributed by atoms with E-state index in [1.807, 2.05) is 18.3 Å². The highest BCUT2D eigenvalue weighted by atomic mass is 14.6. The van der Waals surface area contributed by atoms with Crippen LogP contribution >= 0.6 is 0 Å². The molecule has 0 spiro atoms. The van der Waals surface area contributed by atoms with Crippen molar-refractivity contribution < 1.29 is 0 Å². The number of hydrogen-bond acceptors (Lipinski definition) is 1. The summed E-state index contributed by atoms with van der Waals surface area (Å²) in [6.07, 6.45) is 10.4. The quantitative estimate of drug-likeness (QED) is 0.556. The number of aryl methyl sites for hydroxylation is 1. The molecule has 0 unspecified atom stereocenters. The molecule has 50 valence electrons. The molecule has 1 heteroatoms. The third-order valence-electron chi connectivity index (χ3n) is 1.28. The van der Waals surface area contributed by atoms with E-state index in [0.717, 1.165) is 12.8 Å². The first-order chi connectivity index (χ1) is 4.93. The number of aromatic nitrogens is 1. The number of pyridine rings is 1.